The van der Waals surface area contributed by atoms with Crippen molar-refractivity contribution in [2.45, 2.75) is 38.1 Å². The van der Waals surface area contributed by atoms with Gasteiger partial charge in [-0.25, -0.2) is 4.98 Å². The van der Waals surface area contributed by atoms with Crippen molar-refractivity contribution in [3.05, 3.63) is 53.2 Å². The number of halogens is 1. The van der Waals surface area contributed by atoms with Gasteiger partial charge in [0.1, 0.15) is 5.82 Å². The van der Waals surface area contributed by atoms with Crippen LogP contribution in [-0.2, 0) is 0 Å². The fourth-order valence-corrected chi connectivity index (χ4v) is 3.39. The predicted octanol–water partition coefficient (Wildman–Crippen LogP) is 4.76. The number of amides is 1. The summed E-state index contributed by atoms with van der Waals surface area (Å²) >= 11 is 6.05. The van der Waals surface area contributed by atoms with Crippen LogP contribution >= 0.6 is 11.6 Å². The molecule has 0 atom stereocenters. The number of pyridine rings is 1. The largest absolute Gasteiger partial charge is 0.357 e. The number of anilines is 2. The van der Waals surface area contributed by atoms with E-state index in [4.69, 9.17) is 11.6 Å². The second kappa shape index (κ2) is 7.67. The van der Waals surface area contributed by atoms with E-state index in [1.165, 1.54) is 32.1 Å². The van der Waals surface area contributed by atoms with Gasteiger partial charge >= 0.3 is 0 Å². The Morgan fingerprint density at radius 2 is 1.92 bits per heavy atom. The fourth-order valence-electron chi connectivity index (χ4n) is 3.17. The summed E-state index contributed by atoms with van der Waals surface area (Å²) in [5.41, 5.74) is 1.13. The molecule has 24 heavy (non-hydrogen) atoms. The minimum absolute atomic E-state index is 0.226. The Bertz CT molecular complexity index is 696. The molecule has 4 nitrogen and oxygen atoms in total. The molecule has 1 saturated carbocycles. The zero-order valence-electron chi connectivity index (χ0n) is 13.8. The third-order valence-electron chi connectivity index (χ3n) is 4.61. The first-order valence-electron chi connectivity index (χ1n) is 8.40. The SMILES string of the molecule is CN(c1ccc(NC(=O)c2ccccc2Cl)cn1)C1CCCCC1. The summed E-state index contributed by atoms with van der Waals surface area (Å²) in [5, 5.41) is 3.28. The molecule has 1 heterocycles. The lowest BCUT2D eigenvalue weighted by molar-refractivity contribution is 0.102. The topological polar surface area (TPSA) is 45.2 Å². The van der Waals surface area contributed by atoms with Gasteiger partial charge in [-0.3, -0.25) is 4.79 Å². The molecule has 0 radical (unpaired) electrons. The van der Waals surface area contributed by atoms with Crippen molar-refractivity contribution < 1.29 is 4.79 Å². The Morgan fingerprint density at radius 3 is 2.58 bits per heavy atom. The van der Waals surface area contributed by atoms with Crippen molar-refractivity contribution in [2.24, 2.45) is 0 Å². The molecule has 0 bridgehead atoms. The van der Waals surface area contributed by atoms with Crippen LogP contribution in [0.2, 0.25) is 5.02 Å². The van der Waals surface area contributed by atoms with Crippen LogP contribution in [0.1, 0.15) is 42.5 Å². The van der Waals surface area contributed by atoms with Gasteiger partial charge in [0.05, 0.1) is 22.5 Å². The van der Waals surface area contributed by atoms with Crippen LogP contribution in [-0.4, -0.2) is 24.0 Å². The number of hydrogen-bond donors (Lipinski definition) is 1. The molecule has 5 heteroatoms. The average molecular weight is 344 g/mol. The highest BCUT2D eigenvalue weighted by atomic mass is 35.5. The summed E-state index contributed by atoms with van der Waals surface area (Å²) in [7, 11) is 2.10. The molecule has 0 aliphatic heterocycles. The molecular weight excluding hydrogens is 322 g/mol. The Kier molecular flexibility index (Phi) is 5.36. The van der Waals surface area contributed by atoms with Crippen molar-refractivity contribution >= 4 is 29.0 Å². The van der Waals surface area contributed by atoms with Gasteiger partial charge in [-0.2, -0.15) is 0 Å². The highest BCUT2D eigenvalue weighted by molar-refractivity contribution is 6.34. The van der Waals surface area contributed by atoms with E-state index < -0.39 is 0 Å². The fraction of sp³-hybridized carbons (Fsp3) is 0.368. The number of nitrogens with zero attached hydrogens (tertiary/aromatic N) is 2. The van der Waals surface area contributed by atoms with E-state index >= 15 is 0 Å². The average Bonchev–Trinajstić information content (AvgIpc) is 2.63. The maximum Gasteiger partial charge on any atom is 0.257 e. The number of hydrogen-bond acceptors (Lipinski definition) is 3. The molecule has 1 aromatic heterocycles. The Balaban J connectivity index is 1.66. The maximum atomic E-state index is 12.3. The van der Waals surface area contributed by atoms with Crippen LogP contribution in [0, 0.1) is 0 Å². The molecule has 0 saturated heterocycles. The van der Waals surface area contributed by atoms with Gasteiger partial charge in [0.2, 0.25) is 0 Å². The molecule has 0 unspecified atom stereocenters. The minimum Gasteiger partial charge on any atom is -0.357 e. The molecule has 1 aliphatic rings. The zero-order chi connectivity index (χ0) is 16.9. The molecule has 1 amide bonds. The highest BCUT2D eigenvalue weighted by Crippen LogP contribution is 2.25. The lowest BCUT2D eigenvalue weighted by atomic mass is 9.94. The lowest BCUT2D eigenvalue weighted by Crippen LogP contribution is -2.33. The Labute approximate surface area is 147 Å². The van der Waals surface area contributed by atoms with E-state index in [-0.39, 0.29) is 5.91 Å². The number of aromatic nitrogens is 1. The molecule has 3 rings (SSSR count). The van der Waals surface area contributed by atoms with E-state index in [1.54, 1.807) is 30.5 Å². The second-order valence-electron chi connectivity index (χ2n) is 6.24. The van der Waals surface area contributed by atoms with Crippen molar-refractivity contribution in [2.75, 3.05) is 17.3 Å². The van der Waals surface area contributed by atoms with Gasteiger partial charge in [-0.1, -0.05) is 43.0 Å². The lowest BCUT2D eigenvalue weighted by Gasteiger charge is -2.32. The summed E-state index contributed by atoms with van der Waals surface area (Å²) in [5.74, 6) is 0.716. The predicted molar refractivity (Wildman–Crippen MR) is 98.9 cm³/mol. The number of carbonyl (C=O) groups excluding carboxylic acids is 1. The minimum atomic E-state index is -0.226. The van der Waals surface area contributed by atoms with Gasteiger partial charge in [0.15, 0.2) is 0 Å². The number of benzene rings is 1. The van der Waals surface area contributed by atoms with Crippen LogP contribution in [0.5, 0.6) is 0 Å². The first-order valence-corrected chi connectivity index (χ1v) is 8.78. The number of carbonyl (C=O) groups is 1. The van der Waals surface area contributed by atoms with Gasteiger partial charge < -0.3 is 10.2 Å². The molecule has 126 valence electrons. The van der Waals surface area contributed by atoms with E-state index in [0.29, 0.717) is 22.3 Å². The van der Waals surface area contributed by atoms with Crippen molar-refractivity contribution in [1.29, 1.82) is 0 Å². The molecule has 0 spiro atoms. The number of rotatable bonds is 4. The quantitative estimate of drug-likeness (QED) is 0.870. The van der Waals surface area contributed by atoms with E-state index in [9.17, 15) is 4.79 Å². The van der Waals surface area contributed by atoms with E-state index in [0.717, 1.165) is 5.82 Å². The van der Waals surface area contributed by atoms with Gasteiger partial charge in [-0.15, -0.1) is 0 Å². The van der Waals surface area contributed by atoms with Gasteiger partial charge in [0.25, 0.3) is 5.91 Å². The summed E-state index contributed by atoms with van der Waals surface area (Å²) < 4.78 is 0. The van der Waals surface area contributed by atoms with Crippen molar-refractivity contribution in [3.8, 4) is 0 Å². The van der Waals surface area contributed by atoms with Crippen LogP contribution in [0.15, 0.2) is 42.6 Å². The first kappa shape index (κ1) is 16.8. The van der Waals surface area contributed by atoms with Gasteiger partial charge in [0, 0.05) is 13.1 Å². The summed E-state index contributed by atoms with van der Waals surface area (Å²) in [4.78, 5) is 19.0. The maximum absolute atomic E-state index is 12.3. The van der Waals surface area contributed by atoms with Crippen molar-refractivity contribution in [1.82, 2.24) is 4.98 Å². The molecule has 2 aromatic rings. The van der Waals surface area contributed by atoms with Gasteiger partial charge in [-0.05, 0) is 37.1 Å². The number of nitrogens with one attached hydrogen (secondary N) is 1. The van der Waals surface area contributed by atoms with Crippen LogP contribution in [0.25, 0.3) is 0 Å². The Hall–Kier alpha value is -2.07. The normalized spacial score (nSPS) is 15.1. The summed E-state index contributed by atoms with van der Waals surface area (Å²) in [6.45, 7) is 0. The van der Waals surface area contributed by atoms with E-state index in [1.807, 2.05) is 12.1 Å². The molecule has 1 aliphatic carbocycles. The van der Waals surface area contributed by atoms with E-state index in [2.05, 4.69) is 22.2 Å². The van der Waals surface area contributed by atoms with Crippen LogP contribution < -0.4 is 10.2 Å². The summed E-state index contributed by atoms with van der Waals surface area (Å²) in [6, 6.07) is 11.4. The summed E-state index contributed by atoms with van der Waals surface area (Å²) in [6.07, 6.45) is 8.07. The first-order chi connectivity index (χ1) is 11.6. The monoisotopic (exact) mass is 343 g/mol. The third-order valence-corrected chi connectivity index (χ3v) is 4.94. The zero-order valence-corrected chi connectivity index (χ0v) is 14.6. The molecule has 1 fully saturated rings. The van der Waals surface area contributed by atoms with Crippen LogP contribution in [0.3, 0.4) is 0 Å². The van der Waals surface area contributed by atoms with Crippen LogP contribution in [0.4, 0.5) is 11.5 Å². The molecule has 1 aromatic carbocycles. The highest BCUT2D eigenvalue weighted by Gasteiger charge is 2.19. The second-order valence-corrected chi connectivity index (χ2v) is 6.65. The third kappa shape index (κ3) is 3.88. The standard InChI is InChI=1S/C19H22ClN3O/c1-23(15-7-3-2-4-8-15)18-12-11-14(13-21-18)22-19(24)16-9-5-6-10-17(16)20/h5-6,9-13,15H,2-4,7-8H2,1H3,(H,22,24). The molecule has 1 N–H and O–H groups in total. The smallest absolute Gasteiger partial charge is 0.257 e. The van der Waals surface area contributed by atoms with Crippen molar-refractivity contribution in [3.63, 3.8) is 0 Å². The molecular formula is C19H22ClN3O. The Morgan fingerprint density at radius 1 is 1.17 bits per heavy atom.